The minimum atomic E-state index is -3.34. The van der Waals surface area contributed by atoms with Crippen LogP contribution in [0.5, 0.6) is 0 Å². The molecule has 0 bridgehead atoms. The van der Waals surface area contributed by atoms with E-state index in [0.717, 1.165) is 0 Å². The molecule has 0 aliphatic carbocycles. The van der Waals surface area contributed by atoms with Crippen LogP contribution in [0.1, 0.15) is 13.8 Å². The van der Waals surface area contributed by atoms with Crippen LogP contribution in [0, 0.1) is 5.41 Å². The molecule has 0 saturated heterocycles. The van der Waals surface area contributed by atoms with Gasteiger partial charge in [-0.15, -0.1) is 11.3 Å². The molecule has 4 nitrogen and oxygen atoms in total. The fourth-order valence-corrected chi connectivity index (χ4v) is 3.88. The van der Waals surface area contributed by atoms with Gasteiger partial charge in [-0.3, -0.25) is 0 Å². The van der Waals surface area contributed by atoms with Crippen LogP contribution >= 0.6 is 11.3 Å². The molecule has 1 aromatic heterocycles. The molecule has 0 aliphatic rings. The van der Waals surface area contributed by atoms with Gasteiger partial charge in [0.2, 0.25) is 0 Å². The predicted molar refractivity (Wildman–Crippen MR) is 67.0 cm³/mol. The average molecular weight is 262 g/mol. The lowest BCUT2D eigenvalue weighted by atomic mass is 9.94. The van der Waals surface area contributed by atoms with Crippen molar-refractivity contribution in [1.29, 1.82) is 0 Å². The normalized spacial score (nSPS) is 13.3. The second-order valence-corrected chi connectivity index (χ2v) is 7.78. The van der Waals surface area contributed by atoms with E-state index in [-0.39, 0.29) is 5.41 Å². The molecule has 16 heavy (non-hydrogen) atoms. The van der Waals surface area contributed by atoms with Gasteiger partial charge in [-0.05, 0) is 23.4 Å². The number of hydrogen-bond acceptors (Lipinski definition) is 4. The van der Waals surface area contributed by atoms with Crippen molar-refractivity contribution >= 4 is 21.4 Å². The number of nitrogens with zero attached hydrogens (tertiary/aromatic N) is 1. The third-order valence-corrected chi connectivity index (χ3v) is 5.54. The largest absolute Gasteiger partial charge is 0.330 e. The van der Waals surface area contributed by atoms with Crippen LogP contribution in [0.15, 0.2) is 21.7 Å². The molecule has 0 amide bonds. The maximum Gasteiger partial charge on any atom is 0.252 e. The maximum absolute atomic E-state index is 12.1. The van der Waals surface area contributed by atoms with Crippen molar-refractivity contribution < 1.29 is 8.42 Å². The van der Waals surface area contributed by atoms with Gasteiger partial charge in [-0.1, -0.05) is 19.9 Å². The topological polar surface area (TPSA) is 63.4 Å². The van der Waals surface area contributed by atoms with Crippen molar-refractivity contribution in [3.8, 4) is 0 Å². The highest BCUT2D eigenvalue weighted by Crippen LogP contribution is 2.23. The lowest BCUT2D eigenvalue weighted by molar-refractivity contribution is 0.292. The van der Waals surface area contributed by atoms with Gasteiger partial charge in [0.05, 0.1) is 0 Å². The first kappa shape index (κ1) is 13.6. The van der Waals surface area contributed by atoms with Gasteiger partial charge in [0.15, 0.2) is 0 Å². The fourth-order valence-electron chi connectivity index (χ4n) is 1.32. The molecule has 1 aromatic rings. The number of sulfonamides is 1. The van der Waals surface area contributed by atoms with Gasteiger partial charge in [0, 0.05) is 13.6 Å². The van der Waals surface area contributed by atoms with Crippen LogP contribution in [0.2, 0.25) is 0 Å². The molecule has 6 heteroatoms. The molecule has 0 radical (unpaired) electrons. The predicted octanol–water partition coefficient (Wildman–Crippen LogP) is 1.35. The Hall–Kier alpha value is -0.430. The fraction of sp³-hybridized carbons (Fsp3) is 0.600. The quantitative estimate of drug-likeness (QED) is 0.871. The van der Waals surface area contributed by atoms with E-state index in [1.165, 1.54) is 15.6 Å². The van der Waals surface area contributed by atoms with Crippen LogP contribution in [-0.2, 0) is 10.0 Å². The van der Waals surface area contributed by atoms with Crippen molar-refractivity contribution in [2.24, 2.45) is 11.1 Å². The zero-order chi connectivity index (χ0) is 12.4. The minimum Gasteiger partial charge on any atom is -0.330 e. The Kier molecular flexibility index (Phi) is 4.12. The standard InChI is InChI=1S/C10H18N2O2S2/c1-10(2,7-11)8-12(3)16(13,14)9-5-4-6-15-9/h4-6H,7-8,11H2,1-3H3. The van der Waals surface area contributed by atoms with Crippen LogP contribution < -0.4 is 5.73 Å². The highest BCUT2D eigenvalue weighted by Gasteiger charge is 2.27. The molecule has 0 fully saturated rings. The van der Waals surface area contributed by atoms with Gasteiger partial charge in [-0.2, -0.15) is 4.31 Å². The van der Waals surface area contributed by atoms with E-state index in [2.05, 4.69) is 0 Å². The zero-order valence-electron chi connectivity index (χ0n) is 9.80. The zero-order valence-corrected chi connectivity index (χ0v) is 11.4. The summed E-state index contributed by atoms with van der Waals surface area (Å²) < 4.78 is 25.9. The van der Waals surface area contributed by atoms with E-state index in [1.54, 1.807) is 24.6 Å². The Morgan fingerprint density at radius 2 is 2.12 bits per heavy atom. The van der Waals surface area contributed by atoms with Gasteiger partial charge in [0.1, 0.15) is 4.21 Å². The monoisotopic (exact) mass is 262 g/mol. The molecule has 0 aromatic carbocycles. The van der Waals surface area contributed by atoms with Gasteiger partial charge < -0.3 is 5.73 Å². The van der Waals surface area contributed by atoms with Crippen LogP contribution in [0.3, 0.4) is 0 Å². The smallest absolute Gasteiger partial charge is 0.252 e. The van der Waals surface area contributed by atoms with E-state index in [0.29, 0.717) is 17.3 Å². The van der Waals surface area contributed by atoms with Crippen molar-refractivity contribution in [2.75, 3.05) is 20.1 Å². The highest BCUT2D eigenvalue weighted by molar-refractivity contribution is 7.91. The summed E-state index contributed by atoms with van der Waals surface area (Å²) in [5.41, 5.74) is 5.39. The van der Waals surface area contributed by atoms with Gasteiger partial charge in [-0.25, -0.2) is 8.42 Å². The number of hydrogen-bond donors (Lipinski definition) is 1. The molecular weight excluding hydrogens is 244 g/mol. The SMILES string of the molecule is CN(CC(C)(C)CN)S(=O)(=O)c1cccs1. The molecule has 92 valence electrons. The third kappa shape index (κ3) is 3.04. The summed E-state index contributed by atoms with van der Waals surface area (Å²) in [6.07, 6.45) is 0. The maximum atomic E-state index is 12.1. The molecule has 0 spiro atoms. The van der Waals surface area contributed by atoms with E-state index in [4.69, 9.17) is 5.73 Å². The number of rotatable bonds is 5. The molecule has 1 rings (SSSR count). The first-order chi connectivity index (χ1) is 7.29. The summed E-state index contributed by atoms with van der Waals surface area (Å²) in [6.45, 7) is 4.78. The van der Waals surface area contributed by atoms with E-state index < -0.39 is 10.0 Å². The summed E-state index contributed by atoms with van der Waals surface area (Å²) in [7, 11) is -1.75. The van der Waals surface area contributed by atoms with Crippen LogP contribution in [-0.4, -0.2) is 32.9 Å². The second kappa shape index (κ2) is 4.83. The molecular formula is C10H18N2O2S2. The average Bonchev–Trinajstić information content (AvgIpc) is 2.70. The van der Waals surface area contributed by atoms with E-state index in [1.807, 2.05) is 13.8 Å². The Balaban J connectivity index is 2.86. The van der Waals surface area contributed by atoms with Gasteiger partial charge in [0.25, 0.3) is 10.0 Å². The lowest BCUT2D eigenvalue weighted by Gasteiger charge is -2.28. The molecule has 0 aliphatic heterocycles. The van der Waals surface area contributed by atoms with Crippen LogP contribution in [0.4, 0.5) is 0 Å². The highest BCUT2D eigenvalue weighted by atomic mass is 32.2. The third-order valence-electron chi connectivity index (χ3n) is 2.36. The summed E-state index contributed by atoms with van der Waals surface area (Å²) in [5, 5.41) is 1.76. The van der Waals surface area contributed by atoms with Crippen molar-refractivity contribution in [1.82, 2.24) is 4.31 Å². The van der Waals surface area contributed by atoms with Crippen LogP contribution in [0.25, 0.3) is 0 Å². The summed E-state index contributed by atoms with van der Waals surface area (Å²) in [6, 6.07) is 3.35. The number of thiophene rings is 1. The molecule has 0 saturated carbocycles. The summed E-state index contributed by atoms with van der Waals surface area (Å²) in [4.78, 5) is 0. The molecule has 1 heterocycles. The molecule has 0 unspecified atom stereocenters. The van der Waals surface area contributed by atoms with Crippen molar-refractivity contribution in [3.05, 3.63) is 17.5 Å². The summed E-state index contributed by atoms with van der Waals surface area (Å²) >= 11 is 1.23. The lowest BCUT2D eigenvalue weighted by Crippen LogP contribution is -2.39. The first-order valence-electron chi connectivity index (χ1n) is 4.99. The van der Waals surface area contributed by atoms with Crippen molar-refractivity contribution in [2.45, 2.75) is 18.1 Å². The first-order valence-corrected chi connectivity index (χ1v) is 7.31. The Bertz CT molecular complexity index is 424. The molecule has 2 N–H and O–H groups in total. The molecule has 0 atom stereocenters. The Labute approximate surface area is 101 Å². The minimum absolute atomic E-state index is 0.209. The summed E-state index contributed by atoms with van der Waals surface area (Å²) in [5.74, 6) is 0. The van der Waals surface area contributed by atoms with E-state index in [9.17, 15) is 8.42 Å². The van der Waals surface area contributed by atoms with Gasteiger partial charge >= 0.3 is 0 Å². The second-order valence-electron chi connectivity index (χ2n) is 4.56. The number of nitrogens with two attached hydrogens (primary N) is 1. The Morgan fingerprint density at radius 1 is 1.50 bits per heavy atom. The van der Waals surface area contributed by atoms with Crippen molar-refractivity contribution in [3.63, 3.8) is 0 Å². The van der Waals surface area contributed by atoms with E-state index >= 15 is 0 Å². The Morgan fingerprint density at radius 3 is 2.56 bits per heavy atom.